The molecule has 3 aromatic rings. The van der Waals surface area contributed by atoms with Crippen molar-refractivity contribution in [3.8, 4) is 5.75 Å². The number of phenolic OH excluding ortho intramolecular Hbond substituents is 1. The molecule has 0 fully saturated rings. The Morgan fingerprint density at radius 3 is 2.52 bits per heavy atom. The molecule has 0 aliphatic rings. The quantitative estimate of drug-likeness (QED) is 0.508. The summed E-state index contributed by atoms with van der Waals surface area (Å²) in [6.45, 7) is 0. The third kappa shape index (κ3) is 4.89. The lowest BCUT2D eigenvalue weighted by Crippen LogP contribution is -2.17. The monoisotopic (exact) mass is 372 g/mol. The molecule has 0 atom stereocenters. The van der Waals surface area contributed by atoms with Gasteiger partial charge in [0.05, 0.1) is 6.21 Å². The molecule has 0 saturated carbocycles. The van der Waals surface area contributed by atoms with Gasteiger partial charge in [0.15, 0.2) is 5.09 Å². The first-order valence-corrected chi connectivity index (χ1v) is 8.45. The molecular formula is C18H13ClN2O3S. The van der Waals surface area contributed by atoms with Gasteiger partial charge in [-0.25, -0.2) is 5.43 Å². The van der Waals surface area contributed by atoms with Gasteiger partial charge in [0.25, 0.3) is 5.91 Å². The van der Waals surface area contributed by atoms with E-state index < -0.39 is 0 Å². The van der Waals surface area contributed by atoms with E-state index in [2.05, 4.69) is 10.5 Å². The minimum Gasteiger partial charge on any atom is -0.508 e. The van der Waals surface area contributed by atoms with Crippen LogP contribution in [0.3, 0.4) is 0 Å². The summed E-state index contributed by atoms with van der Waals surface area (Å²) in [7, 11) is 0. The molecule has 1 heterocycles. The molecule has 1 amide bonds. The van der Waals surface area contributed by atoms with Crippen molar-refractivity contribution in [2.45, 2.75) is 9.99 Å². The van der Waals surface area contributed by atoms with Crippen molar-refractivity contribution in [3.05, 3.63) is 77.0 Å². The number of carbonyl (C=O) groups is 1. The van der Waals surface area contributed by atoms with Crippen LogP contribution in [0.25, 0.3) is 0 Å². The first-order valence-electron chi connectivity index (χ1n) is 7.26. The summed E-state index contributed by atoms with van der Waals surface area (Å²) < 4.78 is 5.62. The number of halogens is 1. The predicted molar refractivity (Wildman–Crippen MR) is 97.5 cm³/mol. The fourth-order valence-electron chi connectivity index (χ4n) is 1.91. The molecular weight excluding hydrogens is 360 g/mol. The molecule has 7 heteroatoms. The van der Waals surface area contributed by atoms with Gasteiger partial charge in [0, 0.05) is 15.5 Å². The SMILES string of the molecule is O=C(N/N=C\c1ccc(Sc2ccc(Cl)cc2)o1)c1ccc(O)cc1. The molecule has 2 aromatic carbocycles. The summed E-state index contributed by atoms with van der Waals surface area (Å²) in [5, 5.41) is 14.5. The van der Waals surface area contributed by atoms with Gasteiger partial charge in [0.2, 0.25) is 0 Å². The number of nitrogens with zero attached hydrogens (tertiary/aromatic N) is 1. The topological polar surface area (TPSA) is 74.8 Å². The van der Waals surface area contributed by atoms with Crippen LogP contribution in [0.4, 0.5) is 0 Å². The fourth-order valence-corrected chi connectivity index (χ4v) is 2.81. The summed E-state index contributed by atoms with van der Waals surface area (Å²) in [5.74, 6) is 0.238. The number of hydrogen-bond donors (Lipinski definition) is 2. The largest absolute Gasteiger partial charge is 0.508 e. The molecule has 0 aliphatic heterocycles. The lowest BCUT2D eigenvalue weighted by Gasteiger charge is -1.99. The molecule has 0 aliphatic carbocycles. The van der Waals surface area contributed by atoms with Gasteiger partial charge in [-0.3, -0.25) is 4.79 Å². The Hall–Kier alpha value is -2.70. The highest BCUT2D eigenvalue weighted by Gasteiger charge is 2.05. The van der Waals surface area contributed by atoms with Crippen molar-refractivity contribution in [2.75, 3.05) is 0 Å². The fraction of sp³-hybridized carbons (Fsp3) is 0. The first kappa shape index (κ1) is 17.1. The highest BCUT2D eigenvalue weighted by Crippen LogP contribution is 2.29. The van der Waals surface area contributed by atoms with Gasteiger partial charge < -0.3 is 9.52 Å². The highest BCUT2D eigenvalue weighted by atomic mass is 35.5. The van der Waals surface area contributed by atoms with Crippen molar-refractivity contribution >= 4 is 35.5 Å². The van der Waals surface area contributed by atoms with Crippen LogP contribution in [0.15, 0.2) is 80.2 Å². The van der Waals surface area contributed by atoms with Crippen LogP contribution in [0.1, 0.15) is 16.1 Å². The van der Waals surface area contributed by atoms with Crippen LogP contribution < -0.4 is 5.43 Å². The number of benzene rings is 2. The standard InChI is InChI=1S/C18H13ClN2O3S/c19-13-3-8-16(9-4-13)25-17-10-7-15(24-17)11-20-21-18(23)12-1-5-14(22)6-2-12/h1-11,22H,(H,21,23)/b20-11-. The predicted octanol–water partition coefficient (Wildman–Crippen LogP) is 4.55. The number of phenols is 1. The van der Waals surface area contributed by atoms with Crippen LogP contribution in [-0.2, 0) is 0 Å². The maximum absolute atomic E-state index is 11.9. The molecule has 25 heavy (non-hydrogen) atoms. The van der Waals surface area contributed by atoms with Crippen LogP contribution in [0.2, 0.25) is 5.02 Å². The molecule has 126 valence electrons. The molecule has 5 nitrogen and oxygen atoms in total. The van der Waals surface area contributed by atoms with Crippen LogP contribution in [0.5, 0.6) is 5.75 Å². The van der Waals surface area contributed by atoms with Gasteiger partial charge in [0.1, 0.15) is 11.5 Å². The van der Waals surface area contributed by atoms with Gasteiger partial charge >= 0.3 is 0 Å². The highest BCUT2D eigenvalue weighted by molar-refractivity contribution is 7.99. The summed E-state index contributed by atoms with van der Waals surface area (Å²) in [6.07, 6.45) is 1.42. The van der Waals surface area contributed by atoms with Crippen LogP contribution in [0, 0.1) is 0 Å². The van der Waals surface area contributed by atoms with Crippen LogP contribution in [-0.4, -0.2) is 17.2 Å². The third-order valence-corrected chi connectivity index (χ3v) is 4.30. The zero-order valence-corrected chi connectivity index (χ0v) is 14.4. The van der Waals surface area contributed by atoms with E-state index in [9.17, 15) is 9.90 Å². The van der Waals surface area contributed by atoms with Crippen molar-refractivity contribution in [2.24, 2.45) is 5.10 Å². The molecule has 1 aromatic heterocycles. The lowest BCUT2D eigenvalue weighted by molar-refractivity contribution is 0.0955. The van der Waals surface area contributed by atoms with Crippen LogP contribution >= 0.6 is 23.4 Å². The number of nitrogens with one attached hydrogen (secondary N) is 1. The number of aromatic hydroxyl groups is 1. The molecule has 0 bridgehead atoms. The molecule has 0 spiro atoms. The minimum absolute atomic E-state index is 0.0985. The number of amides is 1. The molecule has 0 unspecified atom stereocenters. The Labute approximate surface area is 153 Å². The number of hydrazone groups is 1. The molecule has 3 rings (SSSR count). The maximum atomic E-state index is 11.9. The molecule has 0 radical (unpaired) electrons. The first-order chi connectivity index (χ1) is 12.1. The minimum atomic E-state index is -0.376. The molecule has 2 N–H and O–H groups in total. The maximum Gasteiger partial charge on any atom is 0.271 e. The Bertz CT molecular complexity index is 889. The smallest absolute Gasteiger partial charge is 0.271 e. The molecule has 0 saturated heterocycles. The van der Waals surface area contributed by atoms with Crippen molar-refractivity contribution in [1.82, 2.24) is 5.43 Å². The second-order valence-electron chi connectivity index (χ2n) is 4.96. The van der Waals surface area contributed by atoms with E-state index in [1.54, 1.807) is 6.07 Å². The second-order valence-corrected chi connectivity index (χ2v) is 6.47. The van der Waals surface area contributed by atoms with E-state index in [0.717, 1.165) is 4.90 Å². The van der Waals surface area contributed by atoms with Crippen molar-refractivity contribution < 1.29 is 14.3 Å². The number of furan rings is 1. The van der Waals surface area contributed by atoms with E-state index in [1.807, 2.05) is 30.3 Å². The third-order valence-electron chi connectivity index (χ3n) is 3.12. The number of hydrogen-bond acceptors (Lipinski definition) is 5. The van der Waals surface area contributed by atoms with Gasteiger partial charge in [-0.15, -0.1) is 0 Å². The van der Waals surface area contributed by atoms with E-state index in [0.29, 0.717) is 21.4 Å². The van der Waals surface area contributed by atoms with E-state index in [-0.39, 0.29) is 11.7 Å². The Morgan fingerprint density at radius 2 is 1.80 bits per heavy atom. The van der Waals surface area contributed by atoms with Crippen molar-refractivity contribution in [3.63, 3.8) is 0 Å². The summed E-state index contributed by atoms with van der Waals surface area (Å²) >= 11 is 7.31. The Kier molecular flexibility index (Phi) is 5.42. The van der Waals surface area contributed by atoms with Gasteiger partial charge in [-0.1, -0.05) is 23.4 Å². The van der Waals surface area contributed by atoms with E-state index in [4.69, 9.17) is 16.0 Å². The normalized spacial score (nSPS) is 10.9. The zero-order chi connectivity index (χ0) is 17.6. The summed E-state index contributed by atoms with van der Waals surface area (Å²) in [5.41, 5.74) is 2.80. The van der Waals surface area contributed by atoms with E-state index >= 15 is 0 Å². The lowest BCUT2D eigenvalue weighted by atomic mass is 10.2. The summed E-state index contributed by atoms with van der Waals surface area (Å²) in [6, 6.07) is 16.9. The average Bonchev–Trinajstić information content (AvgIpc) is 3.05. The Morgan fingerprint density at radius 1 is 1.08 bits per heavy atom. The zero-order valence-electron chi connectivity index (χ0n) is 12.8. The van der Waals surface area contributed by atoms with Crippen molar-refractivity contribution in [1.29, 1.82) is 0 Å². The van der Waals surface area contributed by atoms with Gasteiger partial charge in [-0.05, 0) is 60.7 Å². The van der Waals surface area contributed by atoms with Gasteiger partial charge in [-0.2, -0.15) is 5.10 Å². The number of rotatable bonds is 5. The average molecular weight is 373 g/mol. The number of carbonyl (C=O) groups excluding carboxylic acids is 1. The summed E-state index contributed by atoms with van der Waals surface area (Å²) in [4.78, 5) is 12.9. The van der Waals surface area contributed by atoms with E-state index in [1.165, 1.54) is 42.2 Å². The second kappa shape index (κ2) is 7.92. The Balaban J connectivity index is 1.57.